The van der Waals surface area contributed by atoms with Crippen molar-refractivity contribution in [2.75, 3.05) is 36.2 Å². The van der Waals surface area contributed by atoms with E-state index < -0.39 is 55.2 Å². The number of amidine groups is 1. The standard InChI is InChI=1S/C42H46F7N5O5S/c1-6-8-10-18-53(38(56)28-12-15-32(16-13-28)59-42(47,48)49)31(11-9-7-2)22-35(50-5)29-14-17-34(33(43)21-29)51-39(57)52-40-54(37(55)24-60-40)36-20-27(4)26(3)19-30(36)23-58-25-41(44,45)46/h11-17,19-22,50H,6-10,18,23-25H2,1-5H3,(H,51,57)/b31-11+,35-22-,52-40-. The third-order valence-corrected chi connectivity index (χ3v) is 9.95. The number of alkyl halides is 6. The summed E-state index contributed by atoms with van der Waals surface area (Å²) in [5, 5.41) is 5.34. The Morgan fingerprint density at radius 2 is 1.63 bits per heavy atom. The molecular formula is C42H46F7N5O5S. The maximum Gasteiger partial charge on any atom is 0.573 e. The molecule has 0 radical (unpaired) electrons. The predicted molar refractivity (Wildman–Crippen MR) is 218 cm³/mol. The number of hydrogen-bond acceptors (Lipinski definition) is 7. The minimum atomic E-state index is -4.89. The Morgan fingerprint density at radius 3 is 2.25 bits per heavy atom. The van der Waals surface area contributed by atoms with E-state index in [0.29, 0.717) is 29.8 Å². The van der Waals surface area contributed by atoms with Gasteiger partial charge >= 0.3 is 18.6 Å². The number of ether oxygens (including phenoxy) is 2. The molecule has 0 bridgehead atoms. The van der Waals surface area contributed by atoms with E-state index in [1.54, 1.807) is 39.1 Å². The van der Waals surface area contributed by atoms with Gasteiger partial charge in [0.05, 0.1) is 23.7 Å². The van der Waals surface area contributed by atoms with Crippen molar-refractivity contribution in [1.29, 1.82) is 0 Å². The highest BCUT2D eigenvalue weighted by Crippen LogP contribution is 2.33. The molecule has 3 aromatic carbocycles. The number of thioether (sulfide) groups is 1. The number of unbranched alkanes of at least 4 members (excludes halogenated alkanes) is 3. The summed E-state index contributed by atoms with van der Waals surface area (Å²) in [7, 11) is 1.60. The van der Waals surface area contributed by atoms with Crippen LogP contribution in [0.4, 0.5) is 46.9 Å². The first-order valence-corrected chi connectivity index (χ1v) is 20.0. The van der Waals surface area contributed by atoms with Gasteiger partial charge in [-0.1, -0.05) is 63.1 Å². The van der Waals surface area contributed by atoms with Crippen molar-refractivity contribution in [1.82, 2.24) is 10.2 Å². The number of rotatable bonds is 17. The second-order valence-electron chi connectivity index (χ2n) is 13.7. The van der Waals surface area contributed by atoms with Gasteiger partial charge in [0.25, 0.3) is 5.91 Å². The Morgan fingerprint density at radius 1 is 0.950 bits per heavy atom. The topological polar surface area (TPSA) is 113 Å². The van der Waals surface area contributed by atoms with Crippen LogP contribution in [0.3, 0.4) is 0 Å². The van der Waals surface area contributed by atoms with Gasteiger partial charge in [-0.25, -0.2) is 9.18 Å². The smallest absolute Gasteiger partial charge is 0.406 e. The first-order chi connectivity index (χ1) is 28.3. The second kappa shape index (κ2) is 21.2. The normalized spacial score (nSPS) is 14.5. The van der Waals surface area contributed by atoms with E-state index in [-0.39, 0.29) is 40.0 Å². The van der Waals surface area contributed by atoms with Crippen LogP contribution in [-0.4, -0.2) is 66.4 Å². The van der Waals surface area contributed by atoms with Crippen molar-refractivity contribution in [3.05, 3.63) is 106 Å². The zero-order chi connectivity index (χ0) is 44.2. The molecule has 4 rings (SSSR count). The van der Waals surface area contributed by atoms with Crippen LogP contribution in [0.25, 0.3) is 5.70 Å². The summed E-state index contributed by atoms with van der Waals surface area (Å²) in [6, 6.07) is 10.8. The van der Waals surface area contributed by atoms with Crippen molar-refractivity contribution >= 4 is 51.8 Å². The molecule has 1 aliphatic rings. The number of aryl methyl sites for hydroxylation is 2. The molecule has 0 aromatic heterocycles. The Kier molecular flexibility index (Phi) is 16.8. The van der Waals surface area contributed by atoms with Crippen molar-refractivity contribution in [2.45, 2.75) is 78.9 Å². The maximum absolute atomic E-state index is 15.7. The molecule has 18 heteroatoms. The Balaban J connectivity index is 1.60. The van der Waals surface area contributed by atoms with Gasteiger partial charge in [-0.05, 0) is 86.4 Å². The molecule has 0 spiro atoms. The number of allylic oxidation sites excluding steroid dienone is 2. The number of aliphatic imine (C=N–C) groups is 1. The number of amides is 4. The van der Waals surface area contributed by atoms with E-state index in [9.17, 15) is 40.7 Å². The summed E-state index contributed by atoms with van der Waals surface area (Å²) in [4.78, 5) is 46.8. The van der Waals surface area contributed by atoms with Crippen LogP contribution in [-0.2, 0) is 16.1 Å². The molecule has 0 atom stereocenters. The van der Waals surface area contributed by atoms with Crippen molar-refractivity contribution < 1.29 is 54.6 Å². The molecule has 1 fully saturated rings. The molecule has 3 aromatic rings. The van der Waals surface area contributed by atoms with E-state index in [1.807, 2.05) is 19.9 Å². The Hall–Kier alpha value is -5.36. The number of urea groups is 1. The first kappa shape index (κ1) is 47.3. The number of benzene rings is 3. The van der Waals surface area contributed by atoms with E-state index in [2.05, 4.69) is 20.4 Å². The summed E-state index contributed by atoms with van der Waals surface area (Å²) in [6.07, 6.45) is -2.36. The van der Waals surface area contributed by atoms with E-state index in [1.165, 1.54) is 29.2 Å². The number of nitrogens with zero attached hydrogens (tertiary/aromatic N) is 3. The monoisotopic (exact) mass is 865 g/mol. The molecule has 1 saturated heterocycles. The van der Waals surface area contributed by atoms with E-state index in [0.717, 1.165) is 65.3 Å². The molecule has 10 nitrogen and oxygen atoms in total. The van der Waals surface area contributed by atoms with Gasteiger partial charge in [0.15, 0.2) is 5.17 Å². The fourth-order valence-corrected chi connectivity index (χ4v) is 6.83. The predicted octanol–water partition coefficient (Wildman–Crippen LogP) is 10.7. The number of carbonyl (C=O) groups excluding carboxylic acids is 3. The summed E-state index contributed by atoms with van der Waals surface area (Å²) < 4.78 is 101. The Labute approximate surface area is 347 Å². The van der Waals surface area contributed by atoms with Crippen LogP contribution >= 0.6 is 11.8 Å². The molecule has 60 heavy (non-hydrogen) atoms. The molecule has 1 aliphatic heterocycles. The number of carbonyl (C=O) groups is 3. The summed E-state index contributed by atoms with van der Waals surface area (Å²) in [5.74, 6) is -2.36. The minimum Gasteiger partial charge on any atom is -0.406 e. The number of anilines is 2. The van der Waals surface area contributed by atoms with Gasteiger partial charge < -0.3 is 25.0 Å². The highest BCUT2D eigenvalue weighted by atomic mass is 32.2. The van der Waals surface area contributed by atoms with Crippen LogP contribution < -0.4 is 20.3 Å². The lowest BCUT2D eigenvalue weighted by atomic mass is 10.0. The number of nitrogens with one attached hydrogen (secondary N) is 2. The summed E-state index contributed by atoms with van der Waals surface area (Å²) in [5.41, 5.74) is 3.05. The maximum atomic E-state index is 15.7. The number of hydrogen-bond donors (Lipinski definition) is 2. The van der Waals surface area contributed by atoms with Crippen LogP contribution in [0.2, 0.25) is 0 Å². The van der Waals surface area contributed by atoms with Crippen LogP contribution in [0.1, 0.15) is 78.6 Å². The van der Waals surface area contributed by atoms with Gasteiger partial charge in [-0.3, -0.25) is 14.5 Å². The van der Waals surface area contributed by atoms with E-state index >= 15 is 4.39 Å². The zero-order valence-corrected chi connectivity index (χ0v) is 34.5. The quantitative estimate of drug-likeness (QED) is 0.0789. The van der Waals surface area contributed by atoms with Gasteiger partial charge in [0.2, 0.25) is 5.91 Å². The minimum absolute atomic E-state index is 0.0646. The lowest BCUT2D eigenvalue weighted by Gasteiger charge is -2.25. The fourth-order valence-electron chi connectivity index (χ4n) is 5.97. The lowest BCUT2D eigenvalue weighted by Crippen LogP contribution is -2.31. The van der Waals surface area contributed by atoms with Gasteiger partial charge in [0, 0.05) is 41.7 Å². The lowest BCUT2D eigenvalue weighted by molar-refractivity contribution is -0.274. The molecule has 324 valence electrons. The molecule has 0 aliphatic carbocycles. The van der Waals surface area contributed by atoms with Crippen LogP contribution in [0.5, 0.6) is 5.75 Å². The average molecular weight is 866 g/mol. The number of halogens is 7. The van der Waals surface area contributed by atoms with Crippen molar-refractivity contribution in [3.63, 3.8) is 0 Å². The van der Waals surface area contributed by atoms with Gasteiger partial charge in [-0.15, -0.1) is 13.2 Å². The highest BCUT2D eigenvalue weighted by molar-refractivity contribution is 8.15. The fraction of sp³-hybridized carbons (Fsp3) is 0.381. The Bertz CT molecular complexity index is 2100. The largest absolute Gasteiger partial charge is 0.573 e. The van der Waals surface area contributed by atoms with Gasteiger partial charge in [-0.2, -0.15) is 18.2 Å². The molecule has 0 unspecified atom stereocenters. The highest BCUT2D eigenvalue weighted by Gasteiger charge is 2.34. The zero-order valence-electron chi connectivity index (χ0n) is 33.7. The van der Waals surface area contributed by atoms with Crippen LogP contribution in [0.15, 0.2) is 77.4 Å². The third kappa shape index (κ3) is 13.6. The first-order valence-electron chi connectivity index (χ1n) is 19.0. The van der Waals surface area contributed by atoms with Crippen LogP contribution in [0, 0.1) is 19.7 Å². The second-order valence-corrected chi connectivity index (χ2v) is 14.6. The summed E-state index contributed by atoms with van der Waals surface area (Å²) >= 11 is 0.931. The molecule has 2 N–H and O–H groups in total. The molecule has 4 amide bonds. The molecule has 0 saturated carbocycles. The molecule has 1 heterocycles. The summed E-state index contributed by atoms with van der Waals surface area (Å²) in [6.45, 7) is 5.78. The third-order valence-electron chi connectivity index (χ3n) is 9.02. The van der Waals surface area contributed by atoms with Gasteiger partial charge in [0.1, 0.15) is 18.2 Å². The average Bonchev–Trinajstić information content (AvgIpc) is 3.53. The molecular weight excluding hydrogens is 820 g/mol. The van der Waals surface area contributed by atoms with Crippen molar-refractivity contribution in [3.8, 4) is 5.75 Å². The SMILES string of the molecule is CCC/C=C(\C=C(/NC)c1ccc(NC(=O)/N=C2\SCC(=O)N2c2cc(C)c(C)cc2COCC(F)(F)F)c(F)c1)N(CCCCC)C(=O)c1ccc(OC(F)(F)F)cc1. The van der Waals surface area contributed by atoms with Crippen molar-refractivity contribution in [2.24, 2.45) is 4.99 Å². The van der Waals surface area contributed by atoms with E-state index in [4.69, 9.17) is 4.74 Å².